The molecule has 1 N–H and O–H groups in total. The standard InChI is InChI=1S/C14H20ClNO3/c1-4-18-12-7-6-11(8-13(12)19-5-2)10(3)16-14(17)9-15/h6-8,10H,4-5,9H2,1-3H3,(H,16,17). The van der Waals surface area contributed by atoms with Crippen LogP contribution >= 0.6 is 11.6 Å². The van der Waals surface area contributed by atoms with E-state index >= 15 is 0 Å². The third-order valence-electron chi connectivity index (χ3n) is 2.57. The molecule has 0 bridgehead atoms. The van der Waals surface area contributed by atoms with E-state index in [1.54, 1.807) is 0 Å². The van der Waals surface area contributed by atoms with Crippen molar-refractivity contribution < 1.29 is 14.3 Å². The molecule has 1 aromatic rings. The molecule has 0 aliphatic carbocycles. The van der Waals surface area contributed by atoms with Gasteiger partial charge in [-0.3, -0.25) is 4.79 Å². The monoisotopic (exact) mass is 285 g/mol. The van der Waals surface area contributed by atoms with E-state index in [1.165, 1.54) is 0 Å². The van der Waals surface area contributed by atoms with Gasteiger partial charge in [0.25, 0.3) is 0 Å². The molecule has 0 aliphatic rings. The first-order valence-corrected chi connectivity index (χ1v) is 6.90. The van der Waals surface area contributed by atoms with Crippen LogP contribution in [0.4, 0.5) is 0 Å². The second-order valence-corrected chi connectivity index (χ2v) is 4.26. The normalized spacial score (nSPS) is 11.8. The van der Waals surface area contributed by atoms with Gasteiger partial charge in [0.15, 0.2) is 11.5 Å². The molecule has 0 fully saturated rings. The van der Waals surface area contributed by atoms with E-state index in [0.717, 1.165) is 5.56 Å². The fraction of sp³-hybridized carbons (Fsp3) is 0.500. The molecule has 1 amide bonds. The first kappa shape index (κ1) is 15.6. The number of halogens is 1. The Balaban J connectivity index is 2.90. The van der Waals surface area contributed by atoms with E-state index in [0.29, 0.717) is 24.7 Å². The molecule has 1 atom stereocenters. The van der Waals surface area contributed by atoms with Crippen molar-refractivity contribution in [2.45, 2.75) is 26.8 Å². The lowest BCUT2D eigenvalue weighted by atomic mass is 10.1. The molecular formula is C14H20ClNO3. The molecule has 0 aromatic heterocycles. The molecule has 0 heterocycles. The zero-order valence-corrected chi connectivity index (χ0v) is 12.3. The van der Waals surface area contributed by atoms with Crippen molar-refractivity contribution in [3.8, 4) is 11.5 Å². The Kier molecular flexibility index (Phi) is 6.50. The topological polar surface area (TPSA) is 47.6 Å². The molecule has 0 spiro atoms. The summed E-state index contributed by atoms with van der Waals surface area (Å²) in [5.41, 5.74) is 0.949. The van der Waals surface area contributed by atoms with Crippen molar-refractivity contribution in [3.05, 3.63) is 23.8 Å². The Morgan fingerprint density at radius 2 is 1.89 bits per heavy atom. The number of carbonyl (C=O) groups is 1. The summed E-state index contributed by atoms with van der Waals surface area (Å²) in [5.74, 6) is 1.17. The third kappa shape index (κ3) is 4.63. The fourth-order valence-electron chi connectivity index (χ4n) is 1.70. The van der Waals surface area contributed by atoms with Gasteiger partial charge in [-0.15, -0.1) is 11.6 Å². The largest absolute Gasteiger partial charge is 0.490 e. The summed E-state index contributed by atoms with van der Waals surface area (Å²) in [6.45, 7) is 6.88. The molecule has 0 saturated heterocycles. The van der Waals surface area contributed by atoms with Crippen LogP contribution in [0.1, 0.15) is 32.4 Å². The zero-order chi connectivity index (χ0) is 14.3. The molecule has 1 rings (SSSR count). The lowest BCUT2D eigenvalue weighted by Gasteiger charge is -2.17. The van der Waals surface area contributed by atoms with Gasteiger partial charge in [-0.1, -0.05) is 6.07 Å². The van der Waals surface area contributed by atoms with Crippen LogP contribution in [0.2, 0.25) is 0 Å². The van der Waals surface area contributed by atoms with E-state index in [-0.39, 0.29) is 17.8 Å². The number of ether oxygens (including phenoxy) is 2. The number of benzene rings is 1. The van der Waals surface area contributed by atoms with Gasteiger partial charge < -0.3 is 14.8 Å². The van der Waals surface area contributed by atoms with Gasteiger partial charge in [0.1, 0.15) is 5.88 Å². The van der Waals surface area contributed by atoms with E-state index in [4.69, 9.17) is 21.1 Å². The van der Waals surface area contributed by atoms with Crippen molar-refractivity contribution in [2.75, 3.05) is 19.1 Å². The first-order valence-electron chi connectivity index (χ1n) is 6.37. The zero-order valence-electron chi connectivity index (χ0n) is 11.5. The SMILES string of the molecule is CCOc1ccc(C(C)NC(=O)CCl)cc1OCC. The number of alkyl halides is 1. The minimum absolute atomic E-state index is 0.0420. The Hall–Kier alpha value is -1.42. The predicted molar refractivity (Wildman–Crippen MR) is 76.1 cm³/mol. The van der Waals surface area contributed by atoms with Gasteiger partial charge in [-0.25, -0.2) is 0 Å². The summed E-state index contributed by atoms with van der Waals surface area (Å²) in [5, 5.41) is 2.80. The molecule has 0 radical (unpaired) electrons. The number of hydrogen-bond acceptors (Lipinski definition) is 3. The molecule has 0 aliphatic heterocycles. The van der Waals surface area contributed by atoms with Crippen LogP contribution in [0.25, 0.3) is 0 Å². The maximum absolute atomic E-state index is 11.3. The Bertz CT molecular complexity index is 423. The summed E-state index contributed by atoms with van der Waals surface area (Å²) in [6, 6.07) is 5.52. The highest BCUT2D eigenvalue weighted by atomic mass is 35.5. The molecule has 1 aromatic carbocycles. The second kappa shape index (κ2) is 7.89. The van der Waals surface area contributed by atoms with Crippen LogP contribution in [0.15, 0.2) is 18.2 Å². The van der Waals surface area contributed by atoms with Crippen LogP contribution in [0, 0.1) is 0 Å². The van der Waals surface area contributed by atoms with E-state index in [9.17, 15) is 4.79 Å². The summed E-state index contributed by atoms with van der Waals surface area (Å²) in [4.78, 5) is 11.3. The fourth-order valence-corrected chi connectivity index (χ4v) is 1.78. The van der Waals surface area contributed by atoms with Crippen LogP contribution in [0.5, 0.6) is 11.5 Å². The van der Waals surface area contributed by atoms with Gasteiger partial charge >= 0.3 is 0 Å². The van der Waals surface area contributed by atoms with Gasteiger partial charge in [-0.2, -0.15) is 0 Å². The Morgan fingerprint density at radius 3 is 2.47 bits per heavy atom. The summed E-state index contributed by atoms with van der Waals surface area (Å²) in [6.07, 6.45) is 0. The number of hydrogen-bond donors (Lipinski definition) is 1. The molecular weight excluding hydrogens is 266 g/mol. The highest BCUT2D eigenvalue weighted by molar-refractivity contribution is 6.27. The van der Waals surface area contributed by atoms with Gasteiger partial charge in [-0.05, 0) is 38.5 Å². The maximum Gasteiger partial charge on any atom is 0.235 e. The Labute approximate surface area is 119 Å². The summed E-state index contributed by atoms with van der Waals surface area (Å²) < 4.78 is 11.0. The van der Waals surface area contributed by atoms with Crippen LogP contribution in [0.3, 0.4) is 0 Å². The number of amides is 1. The number of rotatable bonds is 7. The molecule has 19 heavy (non-hydrogen) atoms. The lowest BCUT2D eigenvalue weighted by Crippen LogP contribution is -2.27. The molecule has 1 unspecified atom stereocenters. The van der Waals surface area contributed by atoms with Crippen LogP contribution in [-0.2, 0) is 4.79 Å². The molecule has 0 saturated carbocycles. The van der Waals surface area contributed by atoms with Crippen molar-refractivity contribution >= 4 is 17.5 Å². The smallest absolute Gasteiger partial charge is 0.235 e. The van der Waals surface area contributed by atoms with E-state index in [1.807, 2.05) is 39.0 Å². The number of carbonyl (C=O) groups excluding carboxylic acids is 1. The van der Waals surface area contributed by atoms with E-state index < -0.39 is 0 Å². The van der Waals surface area contributed by atoms with Crippen molar-refractivity contribution in [1.29, 1.82) is 0 Å². The van der Waals surface area contributed by atoms with Crippen LogP contribution in [-0.4, -0.2) is 25.0 Å². The molecule has 5 heteroatoms. The third-order valence-corrected chi connectivity index (χ3v) is 2.81. The molecule has 106 valence electrons. The molecule has 4 nitrogen and oxygen atoms in total. The average Bonchev–Trinajstić information content (AvgIpc) is 2.41. The van der Waals surface area contributed by atoms with Crippen molar-refractivity contribution in [2.24, 2.45) is 0 Å². The van der Waals surface area contributed by atoms with Gasteiger partial charge in [0.05, 0.1) is 19.3 Å². The number of nitrogens with one attached hydrogen (secondary N) is 1. The lowest BCUT2D eigenvalue weighted by molar-refractivity contribution is -0.119. The van der Waals surface area contributed by atoms with Crippen molar-refractivity contribution in [3.63, 3.8) is 0 Å². The first-order chi connectivity index (χ1) is 9.12. The van der Waals surface area contributed by atoms with Gasteiger partial charge in [0, 0.05) is 0 Å². The second-order valence-electron chi connectivity index (χ2n) is 4.00. The highest BCUT2D eigenvalue weighted by Crippen LogP contribution is 2.30. The summed E-state index contributed by atoms with van der Waals surface area (Å²) in [7, 11) is 0. The predicted octanol–water partition coefficient (Wildman–Crippen LogP) is 2.90. The van der Waals surface area contributed by atoms with Crippen molar-refractivity contribution in [1.82, 2.24) is 5.32 Å². The van der Waals surface area contributed by atoms with Gasteiger partial charge in [0.2, 0.25) is 5.91 Å². The van der Waals surface area contributed by atoms with Crippen LogP contribution < -0.4 is 14.8 Å². The van der Waals surface area contributed by atoms with E-state index in [2.05, 4.69) is 5.32 Å². The minimum atomic E-state index is -0.194. The maximum atomic E-state index is 11.3. The summed E-state index contributed by atoms with van der Waals surface area (Å²) >= 11 is 5.47. The highest BCUT2D eigenvalue weighted by Gasteiger charge is 2.12. The average molecular weight is 286 g/mol. The Morgan fingerprint density at radius 1 is 1.26 bits per heavy atom. The minimum Gasteiger partial charge on any atom is -0.490 e. The quantitative estimate of drug-likeness (QED) is 0.784.